The molecule has 0 aromatic heterocycles. The van der Waals surface area contributed by atoms with Crippen molar-refractivity contribution in [1.29, 1.82) is 0 Å². The number of aliphatic hydroxyl groups excluding tert-OH is 4. The molecule has 0 aromatic rings. The van der Waals surface area contributed by atoms with Crippen LogP contribution in [0.3, 0.4) is 0 Å². The quantitative estimate of drug-likeness (QED) is 0.198. The smallest absolute Gasteiger partial charge is 0.362 e. The van der Waals surface area contributed by atoms with E-state index in [-0.39, 0.29) is 6.61 Å². The van der Waals surface area contributed by atoms with Gasteiger partial charge in [-0.05, 0) is 6.42 Å². The second-order valence-corrected chi connectivity index (χ2v) is 9.69. The Morgan fingerprint density at radius 1 is 0.889 bits per heavy atom. The number of unbranched alkanes of at least 4 members (excludes halogenated alkanes) is 9. The Morgan fingerprint density at radius 3 is 1.89 bits per heavy atom. The van der Waals surface area contributed by atoms with E-state index in [0.29, 0.717) is 6.42 Å². The first-order valence-corrected chi connectivity index (χ1v) is 11.7. The topological polar surface area (TPSA) is 148 Å². The minimum Gasteiger partial charge on any atom is -0.390 e. The third-order valence-corrected chi connectivity index (χ3v) is 7.26. The van der Waals surface area contributed by atoms with Crippen molar-refractivity contribution in [3.8, 4) is 0 Å². The van der Waals surface area contributed by atoms with Crippen LogP contribution in [0.15, 0.2) is 0 Å². The second kappa shape index (κ2) is 11.8. The highest BCUT2D eigenvalue weighted by Crippen LogP contribution is 2.59. The summed E-state index contributed by atoms with van der Waals surface area (Å²) in [5.41, 5.74) is 0. The highest BCUT2D eigenvalue weighted by molar-refractivity contribution is 7.54. The Balaban J connectivity index is 2.28. The van der Waals surface area contributed by atoms with Crippen LogP contribution in [0, 0.1) is 0 Å². The van der Waals surface area contributed by atoms with Gasteiger partial charge in [0.25, 0.3) is 0 Å². The summed E-state index contributed by atoms with van der Waals surface area (Å²) in [6.45, 7) is 2.11. The predicted molar refractivity (Wildman–Crippen MR) is 101 cm³/mol. The van der Waals surface area contributed by atoms with Crippen LogP contribution in [0.5, 0.6) is 0 Å². The van der Waals surface area contributed by atoms with E-state index in [1.165, 1.54) is 38.5 Å². The first kappa shape index (κ1) is 25.0. The molecule has 1 fully saturated rings. The number of hydrogen-bond acceptors (Lipinski definition) is 7. The Hall–Kier alpha value is -0.0500. The highest BCUT2D eigenvalue weighted by atomic mass is 31.2. The molecule has 6 N–H and O–H groups in total. The van der Waals surface area contributed by atoms with Gasteiger partial charge in [-0.15, -0.1) is 0 Å². The Labute approximate surface area is 161 Å². The molecular weight excluding hydrogens is 375 g/mol. The van der Waals surface area contributed by atoms with Gasteiger partial charge in [-0.1, -0.05) is 64.7 Å². The lowest BCUT2D eigenvalue weighted by Crippen LogP contribution is -2.62. The zero-order chi connectivity index (χ0) is 20.5. The number of aliphatic hydroxyl groups is 5. The molecule has 27 heavy (non-hydrogen) atoms. The summed E-state index contributed by atoms with van der Waals surface area (Å²) in [5.74, 6) is 0. The standard InChI is InChI=1S/C18H37O8P/c1-2-3-4-5-6-7-8-9-10-11-12-26-27(24,25)18(23)13-14(19)15(20)16(21)17(18)22/h14-17,19-23H,2-13H2,1H3,(H,24,25)/t14-,15+,16-,17+,18+/m0/s1. The summed E-state index contributed by atoms with van der Waals surface area (Å²) < 4.78 is 17.3. The van der Waals surface area contributed by atoms with Crippen LogP contribution in [0.4, 0.5) is 0 Å². The maximum Gasteiger partial charge on any atom is 0.362 e. The fourth-order valence-electron chi connectivity index (χ4n) is 3.41. The monoisotopic (exact) mass is 412 g/mol. The molecule has 6 atom stereocenters. The van der Waals surface area contributed by atoms with Gasteiger partial charge in [-0.3, -0.25) is 4.57 Å². The summed E-state index contributed by atoms with van der Waals surface area (Å²) in [7, 11) is -4.74. The molecule has 0 aliphatic heterocycles. The summed E-state index contributed by atoms with van der Waals surface area (Å²) >= 11 is 0. The van der Waals surface area contributed by atoms with Gasteiger partial charge in [0.15, 0.2) is 5.34 Å². The van der Waals surface area contributed by atoms with Crippen molar-refractivity contribution in [2.75, 3.05) is 6.61 Å². The SMILES string of the molecule is CCCCCCCCCCCCOP(=O)(O)[C@]1(O)C[C@H](O)[C@@H](O)[C@H](O)[C@H]1O. The molecule has 9 heteroatoms. The number of hydrogen-bond donors (Lipinski definition) is 6. The van der Waals surface area contributed by atoms with Crippen molar-refractivity contribution in [3.63, 3.8) is 0 Å². The Morgan fingerprint density at radius 2 is 1.37 bits per heavy atom. The van der Waals surface area contributed by atoms with E-state index in [2.05, 4.69) is 6.92 Å². The molecule has 0 radical (unpaired) electrons. The Kier molecular flexibility index (Phi) is 10.9. The zero-order valence-corrected chi connectivity index (χ0v) is 17.1. The third kappa shape index (κ3) is 7.05. The average molecular weight is 412 g/mol. The lowest BCUT2D eigenvalue weighted by atomic mass is 9.87. The molecule has 1 saturated carbocycles. The fourth-order valence-corrected chi connectivity index (χ4v) is 4.91. The summed E-state index contributed by atoms with van der Waals surface area (Å²) in [4.78, 5) is 10.1. The fraction of sp³-hybridized carbons (Fsp3) is 1.00. The van der Waals surface area contributed by atoms with E-state index < -0.39 is 43.8 Å². The van der Waals surface area contributed by atoms with Crippen LogP contribution in [0.2, 0.25) is 0 Å². The van der Waals surface area contributed by atoms with Crippen molar-refractivity contribution < 1.29 is 39.5 Å². The van der Waals surface area contributed by atoms with Crippen molar-refractivity contribution in [1.82, 2.24) is 0 Å². The maximum absolute atomic E-state index is 12.4. The molecule has 1 rings (SSSR count). The molecule has 1 unspecified atom stereocenters. The molecule has 162 valence electrons. The summed E-state index contributed by atoms with van der Waals surface area (Å²) in [6, 6.07) is 0. The molecular formula is C18H37O8P. The minimum atomic E-state index is -4.74. The van der Waals surface area contributed by atoms with Crippen molar-refractivity contribution in [2.45, 2.75) is 107 Å². The average Bonchev–Trinajstić information content (AvgIpc) is 2.62. The first-order valence-electron chi connectivity index (χ1n) is 10.1. The van der Waals surface area contributed by atoms with Gasteiger partial charge < -0.3 is 34.9 Å². The van der Waals surface area contributed by atoms with E-state index in [9.17, 15) is 35.0 Å². The van der Waals surface area contributed by atoms with Gasteiger partial charge in [-0.25, -0.2) is 0 Å². The van der Waals surface area contributed by atoms with Crippen molar-refractivity contribution in [3.05, 3.63) is 0 Å². The first-order chi connectivity index (χ1) is 12.7. The van der Waals surface area contributed by atoms with E-state index in [4.69, 9.17) is 4.52 Å². The van der Waals surface area contributed by atoms with Crippen LogP contribution >= 0.6 is 7.60 Å². The van der Waals surface area contributed by atoms with Gasteiger partial charge in [0.05, 0.1) is 12.7 Å². The van der Waals surface area contributed by atoms with Crippen molar-refractivity contribution in [2.24, 2.45) is 0 Å². The van der Waals surface area contributed by atoms with Crippen LogP contribution in [-0.2, 0) is 9.09 Å². The van der Waals surface area contributed by atoms with Gasteiger partial charge in [0.1, 0.15) is 18.3 Å². The third-order valence-electron chi connectivity index (χ3n) is 5.30. The van der Waals surface area contributed by atoms with Gasteiger partial charge in [-0.2, -0.15) is 0 Å². The zero-order valence-electron chi connectivity index (χ0n) is 16.2. The van der Waals surface area contributed by atoms with E-state index in [1.54, 1.807) is 0 Å². The molecule has 0 amide bonds. The lowest BCUT2D eigenvalue weighted by Gasteiger charge is -2.44. The molecule has 0 saturated heterocycles. The summed E-state index contributed by atoms with van der Waals surface area (Å²) in [6.07, 6.45) is 2.74. The normalized spacial score (nSPS) is 33.7. The maximum atomic E-state index is 12.4. The van der Waals surface area contributed by atoms with Crippen LogP contribution in [-0.4, -0.2) is 66.8 Å². The molecule has 1 aliphatic carbocycles. The lowest BCUT2D eigenvalue weighted by molar-refractivity contribution is -0.196. The van der Waals surface area contributed by atoms with E-state index in [1.807, 2.05) is 0 Å². The van der Waals surface area contributed by atoms with E-state index in [0.717, 1.165) is 19.3 Å². The van der Waals surface area contributed by atoms with Gasteiger partial charge in [0.2, 0.25) is 0 Å². The molecule has 0 heterocycles. The number of rotatable bonds is 13. The van der Waals surface area contributed by atoms with Gasteiger partial charge in [0, 0.05) is 6.42 Å². The molecule has 1 aliphatic rings. The summed E-state index contributed by atoms with van der Waals surface area (Å²) in [5, 5.41) is 46.4. The molecule has 0 spiro atoms. The van der Waals surface area contributed by atoms with E-state index >= 15 is 0 Å². The van der Waals surface area contributed by atoms with Crippen LogP contribution in [0.25, 0.3) is 0 Å². The Bertz CT molecular complexity index is 463. The van der Waals surface area contributed by atoms with Crippen LogP contribution in [0.1, 0.15) is 77.6 Å². The minimum absolute atomic E-state index is 0.0753. The predicted octanol–water partition coefficient (Wildman–Crippen LogP) is 1.65. The highest BCUT2D eigenvalue weighted by Gasteiger charge is 2.61. The van der Waals surface area contributed by atoms with Crippen molar-refractivity contribution >= 4 is 7.60 Å². The second-order valence-electron chi connectivity index (χ2n) is 7.61. The molecule has 0 bridgehead atoms. The molecule has 0 aromatic carbocycles. The molecule has 8 nitrogen and oxygen atoms in total. The van der Waals surface area contributed by atoms with Crippen LogP contribution < -0.4 is 0 Å². The largest absolute Gasteiger partial charge is 0.390 e. The van der Waals surface area contributed by atoms with Gasteiger partial charge >= 0.3 is 7.60 Å².